The van der Waals surface area contributed by atoms with Crippen LogP contribution in [0.3, 0.4) is 0 Å². The molecule has 2 aromatic carbocycles. The molecule has 0 unspecified atom stereocenters. The standard InChI is InChI=1S/C19H14ClFN2O6S/c1-2-28-19(25)18-16(29-30(26,27)15-5-3-4-12(20)10-15)11-17(24)23(22-18)14-8-6-13(21)7-9-14/h3-11H,2H2,1H3. The second kappa shape index (κ2) is 8.64. The van der Waals surface area contributed by atoms with E-state index in [0.29, 0.717) is 0 Å². The van der Waals surface area contributed by atoms with Crippen molar-refractivity contribution in [2.75, 3.05) is 6.61 Å². The van der Waals surface area contributed by atoms with E-state index >= 15 is 0 Å². The molecule has 0 N–H and O–H groups in total. The zero-order chi connectivity index (χ0) is 21.9. The van der Waals surface area contributed by atoms with Crippen molar-refractivity contribution >= 4 is 27.7 Å². The van der Waals surface area contributed by atoms with Gasteiger partial charge in [-0.05, 0) is 49.4 Å². The third-order valence-electron chi connectivity index (χ3n) is 3.72. The van der Waals surface area contributed by atoms with E-state index in [1.807, 2.05) is 0 Å². The fourth-order valence-electron chi connectivity index (χ4n) is 2.40. The molecule has 0 bridgehead atoms. The van der Waals surface area contributed by atoms with Gasteiger partial charge >= 0.3 is 16.1 Å². The second-order valence-corrected chi connectivity index (χ2v) is 7.78. The van der Waals surface area contributed by atoms with E-state index in [9.17, 15) is 22.4 Å². The quantitative estimate of drug-likeness (QED) is 0.418. The zero-order valence-electron chi connectivity index (χ0n) is 15.4. The summed E-state index contributed by atoms with van der Waals surface area (Å²) in [7, 11) is -4.44. The van der Waals surface area contributed by atoms with E-state index in [1.54, 1.807) is 0 Å². The minimum Gasteiger partial charge on any atom is -0.461 e. The molecular weight excluding hydrogens is 439 g/mol. The molecule has 0 saturated heterocycles. The maximum Gasteiger partial charge on any atom is 0.362 e. The van der Waals surface area contributed by atoms with Crippen molar-refractivity contribution < 1.29 is 26.5 Å². The third kappa shape index (κ3) is 4.66. The zero-order valence-corrected chi connectivity index (χ0v) is 17.0. The van der Waals surface area contributed by atoms with Gasteiger partial charge in [-0.15, -0.1) is 0 Å². The Kier molecular flexibility index (Phi) is 6.18. The maximum absolute atomic E-state index is 13.2. The van der Waals surface area contributed by atoms with Gasteiger partial charge in [-0.2, -0.15) is 18.2 Å². The molecule has 8 nitrogen and oxygen atoms in total. The lowest BCUT2D eigenvalue weighted by Gasteiger charge is -2.12. The van der Waals surface area contributed by atoms with Crippen LogP contribution in [0.1, 0.15) is 17.4 Å². The summed E-state index contributed by atoms with van der Waals surface area (Å²) in [5, 5.41) is 4.03. The highest BCUT2D eigenvalue weighted by Crippen LogP contribution is 2.23. The number of halogens is 2. The van der Waals surface area contributed by atoms with Crippen LogP contribution in [0.2, 0.25) is 5.02 Å². The Bertz CT molecular complexity index is 1260. The summed E-state index contributed by atoms with van der Waals surface area (Å²) in [4.78, 5) is 24.5. The molecule has 0 saturated carbocycles. The molecule has 0 aliphatic carbocycles. The van der Waals surface area contributed by atoms with Gasteiger partial charge in [0, 0.05) is 5.02 Å². The highest BCUT2D eigenvalue weighted by molar-refractivity contribution is 7.87. The minimum absolute atomic E-state index is 0.0311. The monoisotopic (exact) mass is 452 g/mol. The second-order valence-electron chi connectivity index (χ2n) is 5.80. The van der Waals surface area contributed by atoms with Crippen LogP contribution in [0, 0.1) is 5.82 Å². The fraction of sp³-hybridized carbons (Fsp3) is 0.105. The van der Waals surface area contributed by atoms with Gasteiger partial charge in [-0.1, -0.05) is 17.7 Å². The van der Waals surface area contributed by atoms with E-state index in [1.165, 1.54) is 37.3 Å². The summed E-state index contributed by atoms with van der Waals surface area (Å²) in [5.74, 6) is -2.16. The number of ether oxygens (including phenoxy) is 1. The van der Waals surface area contributed by atoms with Gasteiger partial charge < -0.3 is 8.92 Å². The number of carbonyl (C=O) groups is 1. The Hall–Kier alpha value is -3.24. The number of hydrogen-bond donors (Lipinski definition) is 0. The van der Waals surface area contributed by atoms with Crippen molar-refractivity contribution in [2.24, 2.45) is 0 Å². The Morgan fingerprint density at radius 3 is 2.50 bits per heavy atom. The van der Waals surface area contributed by atoms with E-state index in [2.05, 4.69) is 5.10 Å². The van der Waals surface area contributed by atoms with Crippen molar-refractivity contribution in [3.8, 4) is 11.4 Å². The molecule has 0 spiro atoms. The van der Waals surface area contributed by atoms with Crippen LogP contribution in [0.25, 0.3) is 5.69 Å². The summed E-state index contributed by atoms with van der Waals surface area (Å²) in [6.45, 7) is 1.51. The number of benzene rings is 2. The largest absolute Gasteiger partial charge is 0.461 e. The molecule has 0 radical (unpaired) electrons. The Morgan fingerprint density at radius 1 is 1.17 bits per heavy atom. The van der Waals surface area contributed by atoms with Crippen molar-refractivity contribution in [2.45, 2.75) is 11.8 Å². The summed E-state index contributed by atoms with van der Waals surface area (Å²) in [6, 6.07) is 10.8. The molecule has 0 amide bonds. The highest BCUT2D eigenvalue weighted by Gasteiger charge is 2.25. The topological polar surface area (TPSA) is 105 Å². The Labute approximate surface area is 175 Å². The van der Waals surface area contributed by atoms with Gasteiger partial charge in [0.05, 0.1) is 18.4 Å². The Balaban J connectivity index is 2.11. The number of esters is 1. The van der Waals surface area contributed by atoms with Crippen LogP contribution < -0.4 is 9.74 Å². The van der Waals surface area contributed by atoms with Crippen LogP contribution in [0.5, 0.6) is 5.75 Å². The first kappa shape index (κ1) is 21.5. The molecule has 0 aliphatic heterocycles. The molecule has 11 heteroatoms. The van der Waals surface area contributed by atoms with E-state index < -0.39 is 38.9 Å². The first-order valence-corrected chi connectivity index (χ1v) is 10.3. The predicted molar refractivity (Wildman–Crippen MR) is 105 cm³/mol. The molecule has 0 aliphatic rings. The van der Waals surface area contributed by atoms with Gasteiger partial charge in [0.25, 0.3) is 5.56 Å². The molecule has 156 valence electrons. The molecular formula is C19H14ClFN2O6S. The highest BCUT2D eigenvalue weighted by atomic mass is 35.5. The number of carbonyl (C=O) groups excluding carboxylic acids is 1. The van der Waals surface area contributed by atoms with Crippen LogP contribution in [0.15, 0.2) is 64.3 Å². The van der Waals surface area contributed by atoms with Crippen LogP contribution in [-0.2, 0) is 14.9 Å². The average Bonchev–Trinajstić information content (AvgIpc) is 2.69. The molecule has 3 aromatic rings. The summed E-state index contributed by atoms with van der Waals surface area (Å²) >= 11 is 5.82. The molecule has 0 fully saturated rings. The van der Waals surface area contributed by atoms with Gasteiger partial charge in [0.1, 0.15) is 10.7 Å². The lowest BCUT2D eigenvalue weighted by molar-refractivity contribution is 0.0515. The third-order valence-corrected chi connectivity index (χ3v) is 5.19. The molecule has 1 aromatic heterocycles. The number of rotatable bonds is 6. The lowest BCUT2D eigenvalue weighted by atomic mass is 10.3. The van der Waals surface area contributed by atoms with Crippen molar-refractivity contribution in [1.29, 1.82) is 0 Å². The number of nitrogens with zero attached hydrogens (tertiary/aromatic N) is 2. The van der Waals surface area contributed by atoms with Crippen molar-refractivity contribution in [3.05, 3.63) is 81.5 Å². The van der Waals surface area contributed by atoms with Gasteiger partial charge in [-0.3, -0.25) is 4.79 Å². The van der Waals surface area contributed by atoms with Gasteiger partial charge in [0.15, 0.2) is 5.75 Å². The lowest BCUT2D eigenvalue weighted by Crippen LogP contribution is -2.26. The minimum atomic E-state index is -4.44. The van der Waals surface area contributed by atoms with Crippen LogP contribution in [0.4, 0.5) is 4.39 Å². The molecule has 1 heterocycles. The SMILES string of the molecule is CCOC(=O)c1nn(-c2ccc(F)cc2)c(=O)cc1OS(=O)(=O)c1cccc(Cl)c1. The number of hydrogen-bond acceptors (Lipinski definition) is 7. The van der Waals surface area contributed by atoms with Crippen LogP contribution >= 0.6 is 11.6 Å². The normalized spacial score (nSPS) is 11.2. The van der Waals surface area contributed by atoms with E-state index in [0.717, 1.165) is 28.9 Å². The maximum atomic E-state index is 13.2. The van der Waals surface area contributed by atoms with Crippen LogP contribution in [-0.4, -0.2) is 30.8 Å². The Morgan fingerprint density at radius 2 is 1.87 bits per heavy atom. The molecule has 30 heavy (non-hydrogen) atoms. The first-order chi connectivity index (χ1) is 14.2. The van der Waals surface area contributed by atoms with Crippen molar-refractivity contribution in [3.63, 3.8) is 0 Å². The van der Waals surface area contributed by atoms with Gasteiger partial charge in [0.2, 0.25) is 5.69 Å². The first-order valence-electron chi connectivity index (χ1n) is 8.49. The van der Waals surface area contributed by atoms with E-state index in [-0.39, 0.29) is 22.2 Å². The average molecular weight is 453 g/mol. The number of aromatic nitrogens is 2. The van der Waals surface area contributed by atoms with Crippen molar-refractivity contribution in [1.82, 2.24) is 9.78 Å². The molecule has 3 rings (SSSR count). The summed E-state index contributed by atoms with van der Waals surface area (Å²) in [6.07, 6.45) is 0. The summed E-state index contributed by atoms with van der Waals surface area (Å²) in [5.41, 5.74) is -1.21. The molecule has 0 atom stereocenters. The smallest absolute Gasteiger partial charge is 0.362 e. The van der Waals surface area contributed by atoms with E-state index in [4.69, 9.17) is 20.5 Å². The summed E-state index contributed by atoms with van der Waals surface area (Å²) < 4.78 is 49.0. The predicted octanol–water partition coefficient (Wildman–Crippen LogP) is 2.97. The fourth-order valence-corrected chi connectivity index (χ4v) is 3.63. The van der Waals surface area contributed by atoms with Gasteiger partial charge in [-0.25, -0.2) is 9.18 Å².